The minimum atomic E-state index is -4.42. The van der Waals surface area contributed by atoms with E-state index in [2.05, 4.69) is 27.6 Å². The van der Waals surface area contributed by atoms with Gasteiger partial charge in [0.2, 0.25) is 0 Å². The van der Waals surface area contributed by atoms with Crippen LogP contribution in [-0.2, 0) is 24.6 Å². The monoisotopic (exact) mass is 544 g/mol. The van der Waals surface area contributed by atoms with Crippen LogP contribution in [0.15, 0.2) is 42.7 Å². The quantitative estimate of drug-likeness (QED) is 0.418. The molecule has 1 unspecified atom stereocenters. The highest BCUT2D eigenvalue weighted by molar-refractivity contribution is 5.67. The number of benzene rings is 1. The van der Waals surface area contributed by atoms with E-state index in [4.69, 9.17) is 15.2 Å². The number of nitrogens with two attached hydrogens (primary N) is 1. The van der Waals surface area contributed by atoms with Gasteiger partial charge < -0.3 is 19.8 Å². The first-order valence-corrected chi connectivity index (χ1v) is 13.0. The van der Waals surface area contributed by atoms with Crippen molar-refractivity contribution in [1.29, 1.82) is 0 Å². The molecule has 2 N–H and O–H groups in total. The van der Waals surface area contributed by atoms with Crippen molar-refractivity contribution in [2.75, 3.05) is 0 Å². The van der Waals surface area contributed by atoms with Gasteiger partial charge >= 0.3 is 12.3 Å². The van der Waals surface area contributed by atoms with Crippen LogP contribution in [-0.4, -0.2) is 36.7 Å². The van der Waals surface area contributed by atoms with E-state index in [1.54, 1.807) is 0 Å². The molecule has 1 saturated carbocycles. The number of allylic oxidation sites excluding steroid dienone is 1. The van der Waals surface area contributed by atoms with Crippen LogP contribution in [0.3, 0.4) is 0 Å². The van der Waals surface area contributed by atoms with Crippen LogP contribution in [0.1, 0.15) is 79.7 Å². The van der Waals surface area contributed by atoms with Crippen molar-refractivity contribution in [1.82, 2.24) is 24.5 Å². The predicted molar refractivity (Wildman–Crippen MR) is 136 cm³/mol. The molecular formula is C27H31F3N6O3. The van der Waals surface area contributed by atoms with Gasteiger partial charge in [-0.15, -0.1) is 10.2 Å². The second kappa shape index (κ2) is 11.1. The Balaban J connectivity index is 1.15. The summed E-state index contributed by atoms with van der Waals surface area (Å²) in [6.45, 7) is 0.0292. The number of amides is 1. The Morgan fingerprint density at radius 2 is 1.95 bits per heavy atom. The van der Waals surface area contributed by atoms with Crippen molar-refractivity contribution in [2.24, 2.45) is 12.8 Å². The Labute approximate surface area is 223 Å². The number of primary amides is 1. The molecule has 0 bridgehead atoms. The van der Waals surface area contributed by atoms with Crippen molar-refractivity contribution in [2.45, 2.75) is 75.8 Å². The Kier molecular flexibility index (Phi) is 7.62. The third-order valence-corrected chi connectivity index (χ3v) is 7.58. The number of hydrogen-bond donors (Lipinski definition) is 1. The number of rotatable bonds is 7. The van der Waals surface area contributed by atoms with Gasteiger partial charge in [0, 0.05) is 31.1 Å². The standard InChI is InChI=1S/C27H31F3N6O3/c1-35-24(16-38-23-4-2-3-20(13-23)27(28,29)30)33-34-25(35)18-5-9-21(10-6-18)36-15-19(14-32-36)17-7-11-22(12-8-17)39-26(31)37/h2-4,7,13-15,18,21-22H,5-6,8-12,16H2,1H3,(H2,31,37). The van der Waals surface area contributed by atoms with E-state index in [0.29, 0.717) is 18.3 Å². The molecule has 5 rings (SSSR count). The zero-order valence-electron chi connectivity index (χ0n) is 21.6. The molecule has 1 amide bonds. The van der Waals surface area contributed by atoms with Crippen LogP contribution in [0.25, 0.3) is 5.57 Å². The topological polar surface area (TPSA) is 110 Å². The van der Waals surface area contributed by atoms with Gasteiger partial charge in [0.05, 0.1) is 17.8 Å². The summed E-state index contributed by atoms with van der Waals surface area (Å²) < 4.78 is 53.5. The Morgan fingerprint density at radius 3 is 2.64 bits per heavy atom. The van der Waals surface area contributed by atoms with Gasteiger partial charge in [-0.1, -0.05) is 12.1 Å². The molecule has 1 aromatic carbocycles. The fourth-order valence-electron chi connectivity index (χ4n) is 5.41. The van der Waals surface area contributed by atoms with Crippen LogP contribution < -0.4 is 10.5 Å². The maximum atomic E-state index is 13.0. The van der Waals surface area contributed by atoms with E-state index in [-0.39, 0.29) is 24.4 Å². The molecule has 0 spiro atoms. The Hall–Kier alpha value is -3.83. The summed E-state index contributed by atoms with van der Waals surface area (Å²) >= 11 is 0. The first-order valence-electron chi connectivity index (χ1n) is 13.0. The van der Waals surface area contributed by atoms with Crippen LogP contribution in [0.5, 0.6) is 5.75 Å². The summed E-state index contributed by atoms with van der Waals surface area (Å²) in [6.07, 6.45) is 6.72. The van der Waals surface area contributed by atoms with Crippen molar-refractivity contribution in [3.8, 4) is 5.75 Å². The van der Waals surface area contributed by atoms with Gasteiger partial charge in [-0.2, -0.15) is 18.3 Å². The molecule has 0 radical (unpaired) electrons. The van der Waals surface area contributed by atoms with Crippen molar-refractivity contribution in [3.63, 3.8) is 0 Å². The number of alkyl halides is 3. The highest BCUT2D eigenvalue weighted by atomic mass is 19.4. The number of ether oxygens (including phenoxy) is 2. The zero-order valence-corrected chi connectivity index (χ0v) is 21.6. The van der Waals surface area contributed by atoms with E-state index in [1.165, 1.54) is 17.7 Å². The molecule has 3 aromatic rings. The molecule has 9 nitrogen and oxygen atoms in total. The maximum Gasteiger partial charge on any atom is 0.416 e. The smallest absolute Gasteiger partial charge is 0.416 e. The van der Waals surface area contributed by atoms with Gasteiger partial charge in [0.1, 0.15) is 24.3 Å². The number of halogens is 3. The Morgan fingerprint density at radius 1 is 1.15 bits per heavy atom. The number of carbonyl (C=O) groups is 1. The summed E-state index contributed by atoms with van der Waals surface area (Å²) in [6, 6.07) is 5.11. The number of nitrogens with zero attached hydrogens (tertiary/aromatic N) is 5. The summed E-state index contributed by atoms with van der Waals surface area (Å²) in [5.41, 5.74) is 6.67. The summed E-state index contributed by atoms with van der Waals surface area (Å²) in [7, 11) is 1.86. The Bertz CT molecular complexity index is 1340. The molecule has 39 heavy (non-hydrogen) atoms. The van der Waals surface area contributed by atoms with Gasteiger partial charge in [-0.25, -0.2) is 4.79 Å². The van der Waals surface area contributed by atoms with Crippen LogP contribution >= 0.6 is 0 Å². The molecule has 2 aliphatic carbocycles. The molecule has 1 fully saturated rings. The van der Waals surface area contributed by atoms with E-state index in [0.717, 1.165) is 62.0 Å². The lowest BCUT2D eigenvalue weighted by Crippen LogP contribution is -2.23. The fourth-order valence-corrected chi connectivity index (χ4v) is 5.41. The lowest BCUT2D eigenvalue weighted by atomic mass is 9.85. The number of aromatic nitrogens is 5. The van der Waals surface area contributed by atoms with Crippen molar-refractivity contribution < 1.29 is 27.4 Å². The molecule has 0 saturated heterocycles. The first-order chi connectivity index (χ1) is 18.7. The van der Waals surface area contributed by atoms with Gasteiger partial charge in [-0.3, -0.25) is 4.68 Å². The lowest BCUT2D eigenvalue weighted by molar-refractivity contribution is -0.137. The molecule has 2 heterocycles. The number of carbonyl (C=O) groups excluding carboxylic acids is 1. The van der Waals surface area contributed by atoms with Crippen LogP contribution in [0.4, 0.5) is 18.0 Å². The molecule has 208 valence electrons. The van der Waals surface area contributed by atoms with Gasteiger partial charge in [0.15, 0.2) is 5.82 Å². The maximum absolute atomic E-state index is 13.0. The third kappa shape index (κ3) is 6.26. The molecule has 12 heteroatoms. The highest BCUT2D eigenvalue weighted by Gasteiger charge is 2.31. The SMILES string of the molecule is Cn1c(COc2cccc(C(F)(F)F)c2)nnc1C1CCC(n2cc(C3=CCC(OC(N)=O)CC3)cn2)CC1. The van der Waals surface area contributed by atoms with Crippen molar-refractivity contribution >= 4 is 11.7 Å². The normalized spacial score (nSPS) is 21.8. The number of hydrogen-bond acceptors (Lipinski definition) is 6. The van der Waals surface area contributed by atoms with E-state index >= 15 is 0 Å². The third-order valence-electron chi connectivity index (χ3n) is 7.58. The second-order valence-corrected chi connectivity index (χ2v) is 10.1. The molecule has 1 atom stereocenters. The zero-order chi connectivity index (χ0) is 27.6. The minimum absolute atomic E-state index is 0.0292. The average Bonchev–Trinajstić information content (AvgIpc) is 3.55. The summed E-state index contributed by atoms with van der Waals surface area (Å²) in [5, 5.41) is 13.2. The van der Waals surface area contributed by atoms with Crippen LogP contribution in [0.2, 0.25) is 0 Å². The average molecular weight is 545 g/mol. The summed E-state index contributed by atoms with van der Waals surface area (Å²) in [5.74, 6) is 1.79. The van der Waals surface area contributed by atoms with Gasteiger partial charge in [-0.05, 0) is 62.3 Å². The molecular weight excluding hydrogens is 513 g/mol. The predicted octanol–water partition coefficient (Wildman–Crippen LogP) is 5.54. The van der Waals surface area contributed by atoms with Crippen LogP contribution in [0, 0.1) is 0 Å². The second-order valence-electron chi connectivity index (χ2n) is 10.1. The van der Waals surface area contributed by atoms with E-state index in [9.17, 15) is 18.0 Å². The van der Waals surface area contributed by atoms with Gasteiger partial charge in [0.25, 0.3) is 0 Å². The lowest BCUT2D eigenvalue weighted by Gasteiger charge is -2.28. The van der Waals surface area contributed by atoms with E-state index in [1.807, 2.05) is 22.5 Å². The molecule has 0 aliphatic heterocycles. The minimum Gasteiger partial charge on any atom is -0.486 e. The molecule has 2 aromatic heterocycles. The highest BCUT2D eigenvalue weighted by Crippen LogP contribution is 2.38. The van der Waals surface area contributed by atoms with Crippen molar-refractivity contribution in [3.05, 3.63) is 65.5 Å². The largest absolute Gasteiger partial charge is 0.486 e. The van der Waals surface area contributed by atoms with E-state index < -0.39 is 17.8 Å². The molecule has 2 aliphatic rings. The summed E-state index contributed by atoms with van der Waals surface area (Å²) in [4.78, 5) is 11.0. The first kappa shape index (κ1) is 26.8. The fraction of sp³-hybridized carbons (Fsp3) is 0.481.